The molecule has 1 rings (SSSR count). The van der Waals surface area contributed by atoms with E-state index < -0.39 is 10.0 Å². The highest BCUT2D eigenvalue weighted by molar-refractivity contribution is 7.89. The molecule has 0 aliphatic carbocycles. The molecule has 0 aromatic heterocycles. The summed E-state index contributed by atoms with van der Waals surface area (Å²) in [6, 6.07) is 0. The lowest BCUT2D eigenvalue weighted by Gasteiger charge is -2.13. The summed E-state index contributed by atoms with van der Waals surface area (Å²) in [6.07, 6.45) is 3.76. The summed E-state index contributed by atoms with van der Waals surface area (Å²) in [4.78, 5) is 0. The Kier molecular flexibility index (Phi) is 4.15. The third-order valence-electron chi connectivity index (χ3n) is 2.31. The van der Waals surface area contributed by atoms with Crippen LogP contribution in [0.1, 0.15) is 25.7 Å². The Bertz CT molecular complexity index is 239. The highest BCUT2D eigenvalue weighted by atomic mass is 32.2. The van der Waals surface area contributed by atoms with Gasteiger partial charge in [-0.25, -0.2) is 12.7 Å². The second-order valence-electron chi connectivity index (χ2n) is 3.42. The van der Waals surface area contributed by atoms with Gasteiger partial charge in [0.05, 0.1) is 5.75 Å². The van der Waals surface area contributed by atoms with Crippen LogP contribution in [0.2, 0.25) is 0 Å². The number of nitrogens with two attached hydrogens (primary N) is 1. The molecule has 0 bridgehead atoms. The van der Waals surface area contributed by atoms with Crippen LogP contribution in [0.4, 0.5) is 0 Å². The monoisotopic (exact) mass is 206 g/mol. The molecule has 1 aliphatic rings. The van der Waals surface area contributed by atoms with Crippen LogP contribution in [-0.2, 0) is 10.0 Å². The largest absolute Gasteiger partial charge is 0.330 e. The van der Waals surface area contributed by atoms with Gasteiger partial charge in [0.1, 0.15) is 0 Å². The first-order chi connectivity index (χ1) is 6.17. The molecule has 0 spiro atoms. The zero-order chi connectivity index (χ0) is 9.73. The van der Waals surface area contributed by atoms with Crippen molar-refractivity contribution in [2.45, 2.75) is 25.7 Å². The van der Waals surface area contributed by atoms with E-state index in [2.05, 4.69) is 0 Å². The summed E-state index contributed by atoms with van der Waals surface area (Å²) >= 11 is 0. The minimum atomic E-state index is -2.87. The standard InChI is InChI=1S/C8H18N2O2S/c9-5-2-1-3-6-10-7-4-8-13(10,11)12/h1-9H2. The van der Waals surface area contributed by atoms with Crippen molar-refractivity contribution >= 4 is 10.0 Å². The summed E-state index contributed by atoms with van der Waals surface area (Å²) in [5, 5.41) is 0. The van der Waals surface area contributed by atoms with Crippen LogP contribution in [0.25, 0.3) is 0 Å². The van der Waals surface area contributed by atoms with Gasteiger partial charge in [-0.3, -0.25) is 0 Å². The van der Waals surface area contributed by atoms with Gasteiger partial charge in [-0.2, -0.15) is 0 Å². The lowest BCUT2D eigenvalue weighted by atomic mass is 10.2. The van der Waals surface area contributed by atoms with E-state index in [-0.39, 0.29) is 0 Å². The number of rotatable bonds is 5. The topological polar surface area (TPSA) is 63.4 Å². The van der Waals surface area contributed by atoms with Crippen LogP contribution in [0.5, 0.6) is 0 Å². The molecule has 1 saturated heterocycles. The lowest BCUT2D eigenvalue weighted by Crippen LogP contribution is -2.26. The zero-order valence-electron chi connectivity index (χ0n) is 7.91. The number of hydrogen-bond donors (Lipinski definition) is 1. The molecule has 2 N–H and O–H groups in total. The minimum Gasteiger partial charge on any atom is -0.330 e. The van der Waals surface area contributed by atoms with Crippen LogP contribution in [0.3, 0.4) is 0 Å². The maximum atomic E-state index is 11.3. The van der Waals surface area contributed by atoms with Crippen molar-refractivity contribution in [3.05, 3.63) is 0 Å². The van der Waals surface area contributed by atoms with Crippen LogP contribution in [0.15, 0.2) is 0 Å². The molecule has 0 unspecified atom stereocenters. The number of nitrogens with zero attached hydrogens (tertiary/aromatic N) is 1. The van der Waals surface area contributed by atoms with E-state index in [1.54, 1.807) is 4.31 Å². The summed E-state index contributed by atoms with van der Waals surface area (Å²) in [5.74, 6) is 0.337. The van der Waals surface area contributed by atoms with E-state index in [4.69, 9.17) is 5.73 Å². The molecular weight excluding hydrogens is 188 g/mol. The normalized spacial score (nSPS) is 22.2. The number of hydrogen-bond acceptors (Lipinski definition) is 3. The summed E-state index contributed by atoms with van der Waals surface area (Å²) in [7, 11) is -2.87. The zero-order valence-corrected chi connectivity index (χ0v) is 8.72. The van der Waals surface area contributed by atoms with Gasteiger partial charge in [0.15, 0.2) is 0 Å². The van der Waals surface area contributed by atoms with Gasteiger partial charge in [-0.1, -0.05) is 6.42 Å². The number of unbranched alkanes of at least 4 members (excludes halogenated alkanes) is 2. The predicted molar refractivity (Wildman–Crippen MR) is 52.9 cm³/mol. The molecule has 1 aliphatic heterocycles. The van der Waals surface area contributed by atoms with Gasteiger partial charge in [-0.15, -0.1) is 0 Å². The molecular formula is C8H18N2O2S. The lowest BCUT2D eigenvalue weighted by molar-refractivity contribution is 0.428. The maximum Gasteiger partial charge on any atom is 0.214 e. The first-order valence-electron chi connectivity index (χ1n) is 4.85. The smallest absolute Gasteiger partial charge is 0.214 e. The summed E-state index contributed by atoms with van der Waals surface area (Å²) < 4.78 is 24.3. The van der Waals surface area contributed by atoms with Crippen LogP contribution >= 0.6 is 0 Å². The Labute approximate surface area is 80.1 Å². The van der Waals surface area contributed by atoms with Gasteiger partial charge in [-0.05, 0) is 25.8 Å². The second kappa shape index (κ2) is 4.93. The second-order valence-corrected chi connectivity index (χ2v) is 5.51. The molecule has 78 valence electrons. The van der Waals surface area contributed by atoms with Crippen molar-refractivity contribution in [1.82, 2.24) is 4.31 Å². The van der Waals surface area contributed by atoms with Crippen molar-refractivity contribution < 1.29 is 8.42 Å². The first kappa shape index (κ1) is 10.9. The third kappa shape index (κ3) is 3.25. The molecule has 1 heterocycles. The minimum absolute atomic E-state index is 0.337. The van der Waals surface area contributed by atoms with Crippen molar-refractivity contribution in [3.63, 3.8) is 0 Å². The maximum absolute atomic E-state index is 11.3. The van der Waals surface area contributed by atoms with E-state index in [0.717, 1.165) is 25.7 Å². The Morgan fingerprint density at radius 2 is 2.00 bits per heavy atom. The van der Waals surface area contributed by atoms with E-state index in [1.807, 2.05) is 0 Å². The first-order valence-corrected chi connectivity index (χ1v) is 6.45. The Morgan fingerprint density at radius 3 is 2.54 bits per heavy atom. The van der Waals surface area contributed by atoms with Crippen molar-refractivity contribution in [1.29, 1.82) is 0 Å². The molecule has 0 radical (unpaired) electrons. The molecule has 0 saturated carbocycles. The molecule has 0 amide bonds. The van der Waals surface area contributed by atoms with Crippen LogP contribution in [-0.4, -0.2) is 38.1 Å². The summed E-state index contributed by atoms with van der Waals surface area (Å²) in [5.41, 5.74) is 5.34. The van der Waals surface area contributed by atoms with E-state index in [1.165, 1.54) is 0 Å². The van der Waals surface area contributed by atoms with Gasteiger partial charge in [0, 0.05) is 13.1 Å². The van der Waals surface area contributed by atoms with Crippen LogP contribution in [0, 0.1) is 0 Å². The number of sulfonamides is 1. The Balaban J connectivity index is 2.22. The Hall–Kier alpha value is -0.130. The van der Waals surface area contributed by atoms with Crippen molar-refractivity contribution in [2.24, 2.45) is 5.73 Å². The molecule has 13 heavy (non-hydrogen) atoms. The third-order valence-corrected chi connectivity index (χ3v) is 4.27. The van der Waals surface area contributed by atoms with E-state index in [0.29, 0.717) is 25.4 Å². The van der Waals surface area contributed by atoms with Gasteiger partial charge >= 0.3 is 0 Å². The van der Waals surface area contributed by atoms with Gasteiger partial charge in [0.2, 0.25) is 10.0 Å². The van der Waals surface area contributed by atoms with E-state index >= 15 is 0 Å². The quantitative estimate of drug-likeness (QED) is 0.651. The fourth-order valence-corrected chi connectivity index (χ4v) is 3.12. The van der Waals surface area contributed by atoms with Crippen molar-refractivity contribution in [2.75, 3.05) is 25.4 Å². The molecule has 0 aromatic rings. The molecule has 0 aromatic carbocycles. The highest BCUT2D eigenvalue weighted by Crippen LogP contribution is 2.13. The molecule has 0 atom stereocenters. The molecule has 4 nitrogen and oxygen atoms in total. The molecule has 1 fully saturated rings. The van der Waals surface area contributed by atoms with Crippen molar-refractivity contribution in [3.8, 4) is 0 Å². The average Bonchev–Trinajstić information content (AvgIpc) is 2.40. The average molecular weight is 206 g/mol. The predicted octanol–water partition coefficient (Wildman–Crippen LogP) is 0.151. The Morgan fingerprint density at radius 1 is 1.23 bits per heavy atom. The van der Waals surface area contributed by atoms with E-state index in [9.17, 15) is 8.42 Å². The van der Waals surface area contributed by atoms with Gasteiger partial charge < -0.3 is 5.73 Å². The van der Waals surface area contributed by atoms with Gasteiger partial charge in [0.25, 0.3) is 0 Å². The fraction of sp³-hybridized carbons (Fsp3) is 1.00. The summed E-state index contributed by atoms with van der Waals surface area (Å²) in [6.45, 7) is 2.10. The SMILES string of the molecule is NCCCCCN1CCCS1(=O)=O. The fourth-order valence-electron chi connectivity index (χ4n) is 1.55. The van der Waals surface area contributed by atoms with Crippen LogP contribution < -0.4 is 5.73 Å². The highest BCUT2D eigenvalue weighted by Gasteiger charge is 2.26. The molecule has 5 heteroatoms.